The molecule has 2 fully saturated rings. The first-order valence-corrected chi connectivity index (χ1v) is 7.37. The molecule has 0 saturated carbocycles. The zero-order valence-corrected chi connectivity index (χ0v) is 11.5. The number of likely N-dealkylation sites (tertiary alicyclic amines) is 1. The van der Waals surface area contributed by atoms with Crippen molar-refractivity contribution >= 4 is 5.91 Å². The van der Waals surface area contributed by atoms with Crippen LogP contribution in [0.2, 0.25) is 0 Å². The number of hydrogen-bond donors (Lipinski definition) is 1. The summed E-state index contributed by atoms with van der Waals surface area (Å²) in [5.41, 5.74) is 0.352. The molecule has 2 aliphatic heterocycles. The number of rotatable bonds is 2. The number of carbonyl (C=O) groups excluding carboxylic acids is 1. The molecule has 2 atom stereocenters. The maximum absolute atomic E-state index is 13.2. The van der Waals surface area contributed by atoms with Gasteiger partial charge >= 0.3 is 0 Å². The molecule has 0 bridgehead atoms. The van der Waals surface area contributed by atoms with E-state index in [4.69, 9.17) is 0 Å². The molecular formula is C15H20FN3O. The van der Waals surface area contributed by atoms with Crippen molar-refractivity contribution in [1.82, 2.24) is 15.2 Å². The van der Waals surface area contributed by atoms with Gasteiger partial charge < -0.3 is 10.2 Å². The van der Waals surface area contributed by atoms with Crippen molar-refractivity contribution in [3.8, 4) is 0 Å². The maximum atomic E-state index is 13.2. The summed E-state index contributed by atoms with van der Waals surface area (Å²) in [5.74, 6) is -0.0294. The zero-order valence-electron chi connectivity index (χ0n) is 11.5. The molecule has 0 aliphatic carbocycles. The van der Waals surface area contributed by atoms with Gasteiger partial charge in [0.1, 0.15) is 5.82 Å². The number of hydrogen-bond acceptors (Lipinski definition) is 3. The molecule has 0 radical (unpaired) electrons. The molecule has 5 heteroatoms. The Bertz CT molecular complexity index is 488. The molecule has 2 unspecified atom stereocenters. The quantitative estimate of drug-likeness (QED) is 0.897. The average Bonchev–Trinajstić information content (AvgIpc) is 3.01. The van der Waals surface area contributed by atoms with Crippen LogP contribution in [0.5, 0.6) is 0 Å². The number of piperidine rings is 1. The van der Waals surface area contributed by atoms with Crippen LogP contribution in [0.4, 0.5) is 4.39 Å². The minimum atomic E-state index is -0.457. The highest BCUT2D eigenvalue weighted by Crippen LogP contribution is 2.25. The second-order valence-electron chi connectivity index (χ2n) is 5.75. The van der Waals surface area contributed by atoms with Gasteiger partial charge in [-0.2, -0.15) is 0 Å². The van der Waals surface area contributed by atoms with Gasteiger partial charge in [0.15, 0.2) is 0 Å². The van der Waals surface area contributed by atoms with Crippen LogP contribution in [-0.4, -0.2) is 41.5 Å². The summed E-state index contributed by atoms with van der Waals surface area (Å²) in [4.78, 5) is 18.0. The Kier molecular flexibility index (Phi) is 3.96. The number of nitrogens with zero attached hydrogens (tertiary/aromatic N) is 2. The van der Waals surface area contributed by atoms with Gasteiger partial charge in [0.2, 0.25) is 0 Å². The van der Waals surface area contributed by atoms with Crippen molar-refractivity contribution in [2.75, 3.05) is 19.6 Å². The predicted octanol–water partition coefficient (Wildman–Crippen LogP) is 1.82. The van der Waals surface area contributed by atoms with Gasteiger partial charge in [-0.25, -0.2) is 4.39 Å². The molecule has 1 amide bonds. The molecule has 4 nitrogen and oxygen atoms in total. The molecule has 2 saturated heterocycles. The Morgan fingerprint density at radius 2 is 2.25 bits per heavy atom. The summed E-state index contributed by atoms with van der Waals surface area (Å²) in [6, 6.07) is 1.81. The van der Waals surface area contributed by atoms with E-state index >= 15 is 0 Å². The Morgan fingerprint density at radius 1 is 1.35 bits per heavy atom. The van der Waals surface area contributed by atoms with E-state index < -0.39 is 5.82 Å². The number of pyridine rings is 1. The second kappa shape index (κ2) is 5.87. The van der Waals surface area contributed by atoms with E-state index in [-0.39, 0.29) is 5.91 Å². The van der Waals surface area contributed by atoms with E-state index in [0.717, 1.165) is 32.3 Å². The summed E-state index contributed by atoms with van der Waals surface area (Å²) in [6.07, 6.45) is 7.19. The van der Waals surface area contributed by atoms with Crippen LogP contribution in [0.15, 0.2) is 18.5 Å². The fraction of sp³-hybridized carbons (Fsp3) is 0.600. The van der Waals surface area contributed by atoms with Gasteiger partial charge in [0.25, 0.3) is 5.91 Å². The first-order valence-electron chi connectivity index (χ1n) is 7.37. The Balaban J connectivity index is 1.68. The van der Waals surface area contributed by atoms with Crippen LogP contribution in [0, 0.1) is 11.7 Å². The summed E-state index contributed by atoms with van der Waals surface area (Å²) in [6.45, 7) is 2.62. The maximum Gasteiger partial charge on any atom is 0.255 e. The normalized spacial score (nSPS) is 26.8. The molecule has 1 N–H and O–H groups in total. The predicted molar refractivity (Wildman–Crippen MR) is 73.8 cm³/mol. The SMILES string of the molecule is O=C(c1cncc(F)c1)N1CCCC(C2CCCN2)C1. The number of aromatic nitrogens is 1. The largest absolute Gasteiger partial charge is 0.338 e. The van der Waals surface area contributed by atoms with E-state index in [0.29, 0.717) is 17.5 Å². The third-order valence-corrected chi connectivity index (χ3v) is 4.36. The zero-order chi connectivity index (χ0) is 13.9. The van der Waals surface area contributed by atoms with Gasteiger partial charge in [-0.3, -0.25) is 9.78 Å². The molecule has 1 aromatic heterocycles. The number of carbonyl (C=O) groups is 1. The third-order valence-electron chi connectivity index (χ3n) is 4.36. The summed E-state index contributed by atoms with van der Waals surface area (Å²) in [7, 11) is 0. The number of amides is 1. The highest BCUT2D eigenvalue weighted by molar-refractivity contribution is 5.94. The fourth-order valence-corrected chi connectivity index (χ4v) is 3.35. The Hall–Kier alpha value is -1.49. The Labute approximate surface area is 118 Å². The Morgan fingerprint density at radius 3 is 3.00 bits per heavy atom. The lowest BCUT2D eigenvalue weighted by molar-refractivity contribution is 0.0650. The lowest BCUT2D eigenvalue weighted by Gasteiger charge is -2.35. The van der Waals surface area contributed by atoms with E-state index in [1.54, 1.807) is 0 Å². The van der Waals surface area contributed by atoms with Crippen LogP contribution in [0.25, 0.3) is 0 Å². The summed E-state index contributed by atoms with van der Waals surface area (Å²) in [5, 5.41) is 3.52. The molecule has 2 aliphatic rings. The number of nitrogens with one attached hydrogen (secondary N) is 1. The third kappa shape index (κ3) is 2.82. The second-order valence-corrected chi connectivity index (χ2v) is 5.75. The van der Waals surface area contributed by atoms with Crippen molar-refractivity contribution in [3.63, 3.8) is 0 Å². The van der Waals surface area contributed by atoms with E-state index in [2.05, 4.69) is 10.3 Å². The molecule has 0 spiro atoms. The van der Waals surface area contributed by atoms with Gasteiger partial charge in [-0.15, -0.1) is 0 Å². The molecule has 3 heterocycles. The molecule has 0 aromatic carbocycles. The van der Waals surface area contributed by atoms with Gasteiger partial charge in [-0.05, 0) is 44.2 Å². The monoisotopic (exact) mass is 277 g/mol. The van der Waals surface area contributed by atoms with Crippen LogP contribution in [0.1, 0.15) is 36.0 Å². The molecular weight excluding hydrogens is 257 g/mol. The minimum Gasteiger partial charge on any atom is -0.338 e. The summed E-state index contributed by atoms with van der Waals surface area (Å²) >= 11 is 0. The van der Waals surface area contributed by atoms with Crippen molar-refractivity contribution in [2.24, 2.45) is 5.92 Å². The highest BCUT2D eigenvalue weighted by Gasteiger charge is 2.31. The van der Waals surface area contributed by atoms with Crippen LogP contribution in [0.3, 0.4) is 0 Å². The first kappa shape index (κ1) is 13.5. The van der Waals surface area contributed by atoms with Crippen molar-refractivity contribution in [3.05, 3.63) is 29.8 Å². The van der Waals surface area contributed by atoms with E-state index in [1.165, 1.54) is 31.5 Å². The van der Waals surface area contributed by atoms with Gasteiger partial charge in [0, 0.05) is 25.3 Å². The highest BCUT2D eigenvalue weighted by atomic mass is 19.1. The van der Waals surface area contributed by atoms with Gasteiger partial charge in [-0.1, -0.05) is 0 Å². The lowest BCUT2D eigenvalue weighted by Crippen LogP contribution is -2.45. The average molecular weight is 277 g/mol. The van der Waals surface area contributed by atoms with Crippen LogP contribution in [-0.2, 0) is 0 Å². The van der Waals surface area contributed by atoms with E-state index in [1.807, 2.05) is 4.90 Å². The topological polar surface area (TPSA) is 45.2 Å². The fourth-order valence-electron chi connectivity index (χ4n) is 3.35. The molecule has 3 rings (SSSR count). The standard InChI is InChI=1S/C15H20FN3O/c16-13-7-12(8-17-9-13)15(20)19-6-2-3-11(10-19)14-4-1-5-18-14/h7-9,11,14,18H,1-6,10H2. The molecule has 108 valence electrons. The van der Waals surface area contributed by atoms with Crippen molar-refractivity contribution in [1.29, 1.82) is 0 Å². The van der Waals surface area contributed by atoms with Crippen LogP contribution < -0.4 is 5.32 Å². The molecule has 1 aromatic rings. The lowest BCUT2D eigenvalue weighted by atomic mass is 9.89. The van der Waals surface area contributed by atoms with E-state index in [9.17, 15) is 9.18 Å². The number of halogens is 1. The first-order chi connectivity index (χ1) is 9.74. The van der Waals surface area contributed by atoms with Crippen molar-refractivity contribution < 1.29 is 9.18 Å². The van der Waals surface area contributed by atoms with Crippen molar-refractivity contribution in [2.45, 2.75) is 31.7 Å². The summed E-state index contributed by atoms with van der Waals surface area (Å²) < 4.78 is 13.2. The van der Waals surface area contributed by atoms with Crippen LogP contribution >= 0.6 is 0 Å². The smallest absolute Gasteiger partial charge is 0.255 e. The minimum absolute atomic E-state index is 0.0975. The molecule has 20 heavy (non-hydrogen) atoms. The van der Waals surface area contributed by atoms with Gasteiger partial charge in [0.05, 0.1) is 11.8 Å².